The molecule has 0 N–H and O–H groups in total. The number of allylic oxidation sites excluding steroid dienone is 2. The van der Waals surface area contributed by atoms with Gasteiger partial charge in [0.25, 0.3) is 0 Å². The maximum atomic E-state index is 2.21. The average Bonchev–Trinajstić information content (AvgIpc) is 2.21. The van der Waals surface area contributed by atoms with E-state index in [0.29, 0.717) is 0 Å². The van der Waals surface area contributed by atoms with Crippen molar-refractivity contribution in [2.75, 3.05) is 11.4 Å². The Bertz CT molecular complexity index is 303. The zero-order valence-corrected chi connectivity index (χ0v) is 8.97. The van der Waals surface area contributed by atoms with E-state index in [1.807, 2.05) is 6.07 Å². The molecule has 1 aliphatic rings. The highest BCUT2D eigenvalue weighted by molar-refractivity contribution is 8.93. The standard InChI is InChI=1S/C11H11N.BrH/c1-3-7-11(8-4-1)12-9-5-2-6-10-12;/h1-9H,10H2;1H. The summed E-state index contributed by atoms with van der Waals surface area (Å²) in [6.07, 6.45) is 8.36. The Labute approximate surface area is 89.1 Å². The molecule has 2 heteroatoms. The van der Waals surface area contributed by atoms with Crippen LogP contribution in [0.3, 0.4) is 0 Å². The lowest BCUT2D eigenvalue weighted by Gasteiger charge is -2.20. The summed E-state index contributed by atoms with van der Waals surface area (Å²) in [4.78, 5) is 2.21. The summed E-state index contributed by atoms with van der Waals surface area (Å²) in [5.74, 6) is 0. The van der Waals surface area contributed by atoms with E-state index >= 15 is 0 Å². The van der Waals surface area contributed by atoms with Gasteiger partial charge in [-0.25, -0.2) is 0 Å². The molecule has 1 heterocycles. The molecule has 0 aliphatic carbocycles. The van der Waals surface area contributed by atoms with Crippen molar-refractivity contribution < 1.29 is 0 Å². The second-order valence-corrected chi connectivity index (χ2v) is 2.76. The van der Waals surface area contributed by atoms with Crippen LogP contribution in [0.2, 0.25) is 0 Å². The molecule has 13 heavy (non-hydrogen) atoms. The predicted octanol–water partition coefficient (Wildman–Crippen LogP) is 3.15. The van der Waals surface area contributed by atoms with Gasteiger partial charge < -0.3 is 4.90 Å². The van der Waals surface area contributed by atoms with Crippen molar-refractivity contribution in [1.29, 1.82) is 0 Å². The molecule has 1 aliphatic heterocycles. The summed E-state index contributed by atoms with van der Waals surface area (Å²) < 4.78 is 0. The van der Waals surface area contributed by atoms with E-state index in [0.717, 1.165) is 6.54 Å². The summed E-state index contributed by atoms with van der Waals surface area (Å²) in [6, 6.07) is 10.4. The van der Waals surface area contributed by atoms with Gasteiger partial charge in [0.05, 0.1) is 0 Å². The molecular formula is C11H12BrN. The van der Waals surface area contributed by atoms with E-state index in [1.165, 1.54) is 5.69 Å². The van der Waals surface area contributed by atoms with Crippen LogP contribution in [0.5, 0.6) is 0 Å². The van der Waals surface area contributed by atoms with Gasteiger partial charge in [0.2, 0.25) is 0 Å². The Morgan fingerprint density at radius 3 is 2.38 bits per heavy atom. The molecule has 0 fully saturated rings. The number of anilines is 1. The molecule has 0 bridgehead atoms. The first-order valence-corrected chi connectivity index (χ1v) is 4.12. The number of halogens is 1. The van der Waals surface area contributed by atoms with Crippen LogP contribution in [0.4, 0.5) is 5.69 Å². The Morgan fingerprint density at radius 1 is 1.00 bits per heavy atom. The molecule has 1 nitrogen and oxygen atoms in total. The molecule has 0 unspecified atom stereocenters. The molecule has 1 aromatic rings. The van der Waals surface area contributed by atoms with Crippen LogP contribution in [-0.4, -0.2) is 6.54 Å². The maximum absolute atomic E-state index is 2.21. The maximum Gasteiger partial charge on any atom is 0.0409 e. The van der Waals surface area contributed by atoms with Gasteiger partial charge in [0.15, 0.2) is 0 Å². The Balaban J connectivity index is 0.000000845. The van der Waals surface area contributed by atoms with E-state index in [1.54, 1.807) is 0 Å². The monoisotopic (exact) mass is 237 g/mol. The SMILES string of the molecule is Br.C1=CCN(c2ccccc2)C=C1. The lowest BCUT2D eigenvalue weighted by atomic mass is 10.2. The highest BCUT2D eigenvalue weighted by Crippen LogP contribution is 2.14. The first-order valence-electron chi connectivity index (χ1n) is 4.12. The van der Waals surface area contributed by atoms with Gasteiger partial charge in [-0.2, -0.15) is 0 Å². The second-order valence-electron chi connectivity index (χ2n) is 2.76. The van der Waals surface area contributed by atoms with Crippen molar-refractivity contribution >= 4 is 22.7 Å². The molecule has 0 saturated carbocycles. The molecule has 0 spiro atoms. The third-order valence-electron chi connectivity index (χ3n) is 1.90. The molecule has 68 valence electrons. The zero-order valence-electron chi connectivity index (χ0n) is 7.26. The van der Waals surface area contributed by atoms with E-state index in [9.17, 15) is 0 Å². The van der Waals surface area contributed by atoms with Crippen molar-refractivity contribution in [2.24, 2.45) is 0 Å². The Kier molecular flexibility index (Phi) is 3.77. The lowest BCUT2D eigenvalue weighted by Crippen LogP contribution is -2.16. The van der Waals surface area contributed by atoms with Gasteiger partial charge in [-0.05, 0) is 18.2 Å². The second kappa shape index (κ2) is 4.87. The third kappa shape index (κ3) is 2.46. The number of hydrogen-bond acceptors (Lipinski definition) is 1. The minimum Gasteiger partial charge on any atom is -0.344 e. The van der Waals surface area contributed by atoms with Crippen molar-refractivity contribution in [1.82, 2.24) is 0 Å². The van der Waals surface area contributed by atoms with Gasteiger partial charge in [-0.15, -0.1) is 17.0 Å². The number of nitrogens with zero attached hydrogens (tertiary/aromatic N) is 1. The first kappa shape index (κ1) is 10.1. The van der Waals surface area contributed by atoms with Gasteiger partial charge in [0.1, 0.15) is 0 Å². The van der Waals surface area contributed by atoms with Gasteiger partial charge >= 0.3 is 0 Å². The fourth-order valence-electron chi connectivity index (χ4n) is 1.28. The number of para-hydroxylation sites is 1. The van der Waals surface area contributed by atoms with Crippen LogP contribution in [0.1, 0.15) is 0 Å². The van der Waals surface area contributed by atoms with E-state index < -0.39 is 0 Å². The summed E-state index contributed by atoms with van der Waals surface area (Å²) in [5, 5.41) is 0. The van der Waals surface area contributed by atoms with Crippen molar-refractivity contribution in [2.45, 2.75) is 0 Å². The van der Waals surface area contributed by atoms with Crippen LogP contribution in [0.15, 0.2) is 54.8 Å². The number of hydrogen-bond donors (Lipinski definition) is 0. The highest BCUT2D eigenvalue weighted by atomic mass is 79.9. The average molecular weight is 238 g/mol. The number of rotatable bonds is 1. The molecule has 0 amide bonds. The van der Waals surface area contributed by atoms with Gasteiger partial charge in [-0.3, -0.25) is 0 Å². The first-order chi connectivity index (χ1) is 5.97. The van der Waals surface area contributed by atoms with Crippen LogP contribution in [0.25, 0.3) is 0 Å². The van der Waals surface area contributed by atoms with Crippen LogP contribution in [-0.2, 0) is 0 Å². The van der Waals surface area contributed by atoms with Crippen molar-refractivity contribution in [3.63, 3.8) is 0 Å². The summed E-state index contributed by atoms with van der Waals surface area (Å²) in [5.41, 5.74) is 1.25. The third-order valence-corrected chi connectivity index (χ3v) is 1.90. The molecule has 1 aromatic carbocycles. The van der Waals surface area contributed by atoms with Gasteiger partial charge in [0, 0.05) is 18.4 Å². The summed E-state index contributed by atoms with van der Waals surface area (Å²) in [6.45, 7) is 0.973. The van der Waals surface area contributed by atoms with Crippen molar-refractivity contribution in [3.05, 3.63) is 54.8 Å². The van der Waals surface area contributed by atoms with Crippen molar-refractivity contribution in [3.8, 4) is 0 Å². The van der Waals surface area contributed by atoms with Crippen LogP contribution >= 0.6 is 17.0 Å². The molecule has 0 atom stereocenters. The lowest BCUT2D eigenvalue weighted by molar-refractivity contribution is 1.07. The highest BCUT2D eigenvalue weighted by Gasteiger charge is 2.00. The van der Waals surface area contributed by atoms with E-state index in [4.69, 9.17) is 0 Å². The summed E-state index contributed by atoms with van der Waals surface area (Å²) in [7, 11) is 0. The normalized spacial score (nSPS) is 14.0. The molecule has 2 rings (SSSR count). The van der Waals surface area contributed by atoms with Crippen LogP contribution < -0.4 is 4.90 Å². The molecule has 0 aromatic heterocycles. The number of benzene rings is 1. The molecule has 0 radical (unpaired) electrons. The molecule has 0 saturated heterocycles. The predicted molar refractivity (Wildman–Crippen MR) is 62.4 cm³/mol. The van der Waals surface area contributed by atoms with E-state index in [2.05, 4.69) is 53.6 Å². The summed E-state index contributed by atoms with van der Waals surface area (Å²) >= 11 is 0. The smallest absolute Gasteiger partial charge is 0.0409 e. The topological polar surface area (TPSA) is 3.24 Å². The van der Waals surface area contributed by atoms with Gasteiger partial charge in [-0.1, -0.05) is 30.4 Å². The Hall–Kier alpha value is -1.02. The zero-order chi connectivity index (χ0) is 8.23. The quantitative estimate of drug-likeness (QED) is 0.726. The largest absolute Gasteiger partial charge is 0.344 e. The Morgan fingerprint density at radius 2 is 1.77 bits per heavy atom. The van der Waals surface area contributed by atoms with Crippen LogP contribution in [0, 0.1) is 0 Å². The fourth-order valence-corrected chi connectivity index (χ4v) is 1.28. The minimum absolute atomic E-state index is 0. The molecular weight excluding hydrogens is 226 g/mol. The fraction of sp³-hybridized carbons (Fsp3) is 0.0909. The van der Waals surface area contributed by atoms with E-state index in [-0.39, 0.29) is 17.0 Å². The minimum atomic E-state index is 0.